The molecule has 1 N–H and O–H groups in total. The van der Waals surface area contributed by atoms with Gasteiger partial charge in [0.05, 0.1) is 5.70 Å². The molecule has 4 nitrogen and oxygen atoms in total. The van der Waals surface area contributed by atoms with E-state index in [9.17, 15) is 0 Å². The summed E-state index contributed by atoms with van der Waals surface area (Å²) in [5.74, 6) is 0.467. The lowest BCUT2D eigenvalue weighted by Crippen LogP contribution is -2.14. The number of aliphatic imine (C=N–C) groups is 1. The molecule has 4 heteroatoms. The number of guanidine groups is 1. The molecule has 0 aromatic rings. The van der Waals surface area contributed by atoms with Gasteiger partial charge in [-0.3, -0.25) is 4.99 Å². The van der Waals surface area contributed by atoms with Crippen LogP contribution in [0.4, 0.5) is 0 Å². The molecule has 0 radical (unpaired) electrons. The van der Waals surface area contributed by atoms with Crippen molar-refractivity contribution in [3.05, 3.63) is 49.7 Å². The Kier molecular flexibility index (Phi) is 11.4. The molecule has 0 rings (SSSR count). The Bertz CT molecular complexity index is 311. The van der Waals surface area contributed by atoms with Crippen molar-refractivity contribution in [1.82, 2.24) is 5.32 Å². The van der Waals surface area contributed by atoms with Crippen LogP contribution in [0.15, 0.2) is 65.0 Å². The molecule has 0 heterocycles. The van der Waals surface area contributed by atoms with Crippen LogP contribution in [0, 0.1) is 0 Å². The first-order chi connectivity index (χ1) is 7.60. The van der Waals surface area contributed by atoms with E-state index in [2.05, 4.69) is 46.9 Å². The molecule has 16 heavy (non-hydrogen) atoms. The summed E-state index contributed by atoms with van der Waals surface area (Å²) in [5.41, 5.74) is 1.50. The Morgan fingerprint density at radius 1 is 1.12 bits per heavy atom. The monoisotopic (exact) mass is 220 g/mol. The third kappa shape index (κ3) is 10.1. The summed E-state index contributed by atoms with van der Waals surface area (Å²) in [6, 6.07) is 0. The second-order valence-corrected chi connectivity index (χ2v) is 2.67. The van der Waals surface area contributed by atoms with E-state index in [1.54, 1.807) is 20.2 Å². The van der Waals surface area contributed by atoms with Crippen LogP contribution >= 0.6 is 0 Å². The zero-order chi connectivity index (χ0) is 13.0. The minimum absolute atomic E-state index is 0.467. The van der Waals surface area contributed by atoms with Gasteiger partial charge in [-0.1, -0.05) is 24.8 Å². The van der Waals surface area contributed by atoms with Gasteiger partial charge >= 0.3 is 0 Å². The summed E-state index contributed by atoms with van der Waals surface area (Å²) in [5, 5.41) is 10.4. The zero-order valence-corrected chi connectivity index (χ0v) is 10.3. The van der Waals surface area contributed by atoms with Crippen molar-refractivity contribution < 1.29 is 0 Å². The maximum atomic E-state index is 3.85. The van der Waals surface area contributed by atoms with Crippen molar-refractivity contribution in [2.45, 2.75) is 6.92 Å². The lowest BCUT2D eigenvalue weighted by atomic mass is 10.3. The molecule has 0 bridgehead atoms. The van der Waals surface area contributed by atoms with Crippen LogP contribution in [0.2, 0.25) is 0 Å². The molecule has 0 aromatic carbocycles. The zero-order valence-electron chi connectivity index (χ0n) is 10.3. The van der Waals surface area contributed by atoms with Crippen molar-refractivity contribution in [3.63, 3.8) is 0 Å². The number of allylic oxidation sites excluding steroid dienone is 3. The van der Waals surface area contributed by atoms with Gasteiger partial charge in [-0.2, -0.15) is 0 Å². The predicted molar refractivity (Wildman–Crippen MR) is 71.6 cm³/mol. The van der Waals surface area contributed by atoms with E-state index in [4.69, 9.17) is 0 Å². The third-order valence-electron chi connectivity index (χ3n) is 1.27. The molecule has 0 saturated heterocycles. The molecular formula is C12H20N4. The van der Waals surface area contributed by atoms with Crippen LogP contribution in [0.5, 0.6) is 0 Å². The van der Waals surface area contributed by atoms with Gasteiger partial charge in [-0.05, 0) is 13.0 Å². The van der Waals surface area contributed by atoms with Crippen molar-refractivity contribution >= 4 is 5.96 Å². The molecule has 0 aliphatic heterocycles. The van der Waals surface area contributed by atoms with E-state index >= 15 is 0 Å². The fourth-order valence-electron chi connectivity index (χ4n) is 0.590. The van der Waals surface area contributed by atoms with E-state index in [-0.39, 0.29) is 0 Å². The number of nitrogens with zero attached hydrogens (tertiary/aromatic N) is 3. The van der Waals surface area contributed by atoms with Crippen molar-refractivity contribution in [1.29, 1.82) is 0 Å². The topological polar surface area (TPSA) is 49.1 Å². The maximum Gasteiger partial charge on any atom is 0.237 e. The predicted octanol–water partition coefficient (Wildman–Crippen LogP) is 3.09. The minimum Gasteiger partial charge on any atom is -0.356 e. The Hall–Kier alpha value is -1.97. The normalized spacial score (nSPS) is 11.1. The Labute approximate surface area is 97.9 Å². The van der Waals surface area contributed by atoms with Gasteiger partial charge in [0.25, 0.3) is 0 Å². The number of rotatable bonds is 3. The fraction of sp³-hybridized carbons (Fsp3) is 0.250. The molecule has 0 aromatic heterocycles. The first-order valence-electron chi connectivity index (χ1n) is 4.69. The van der Waals surface area contributed by atoms with Gasteiger partial charge in [0, 0.05) is 14.1 Å². The maximum absolute atomic E-state index is 3.85. The minimum atomic E-state index is 0.467. The van der Waals surface area contributed by atoms with Crippen LogP contribution < -0.4 is 5.32 Å². The average Bonchev–Trinajstić information content (AvgIpc) is 2.30. The number of nitrogens with one attached hydrogen (secondary N) is 1. The summed E-state index contributed by atoms with van der Waals surface area (Å²) < 4.78 is 0. The number of hydrogen-bond donors (Lipinski definition) is 1. The smallest absolute Gasteiger partial charge is 0.237 e. The third-order valence-corrected chi connectivity index (χ3v) is 1.27. The van der Waals surface area contributed by atoms with E-state index in [1.807, 2.05) is 13.0 Å². The van der Waals surface area contributed by atoms with Gasteiger partial charge in [-0.15, -0.1) is 23.4 Å². The standard InChI is InChI=1S/C10H16N4.C2H4/c1-8(2)6-7-9(3)13-14-10(11-4)12-5;1-2/h6-7H,1,3H2,2,4-5H3,(H,11,12);1-2H2/b7-6-,14-13?;. The number of hydrogen-bond acceptors (Lipinski definition) is 2. The molecule has 0 aliphatic rings. The van der Waals surface area contributed by atoms with Gasteiger partial charge in [-0.25, -0.2) is 0 Å². The average molecular weight is 220 g/mol. The lowest BCUT2D eigenvalue weighted by molar-refractivity contribution is 1.07. The second-order valence-electron chi connectivity index (χ2n) is 2.67. The fourth-order valence-corrected chi connectivity index (χ4v) is 0.590. The van der Waals surface area contributed by atoms with Crippen LogP contribution in [0.1, 0.15) is 6.92 Å². The summed E-state index contributed by atoms with van der Waals surface area (Å²) in [6.45, 7) is 15.3. The molecule has 88 valence electrons. The van der Waals surface area contributed by atoms with Crippen LogP contribution in [-0.2, 0) is 0 Å². The summed E-state index contributed by atoms with van der Waals surface area (Å²) in [4.78, 5) is 3.84. The van der Waals surface area contributed by atoms with E-state index in [0.717, 1.165) is 5.57 Å². The highest BCUT2D eigenvalue weighted by atomic mass is 15.2. The van der Waals surface area contributed by atoms with E-state index < -0.39 is 0 Å². The molecule has 0 saturated carbocycles. The SMILES string of the molecule is C=C.C=C(C)/C=C\C(=C)N=NC(=NC)NC. The summed E-state index contributed by atoms with van der Waals surface area (Å²) in [7, 11) is 3.37. The van der Waals surface area contributed by atoms with Gasteiger partial charge in [0.1, 0.15) is 0 Å². The quantitative estimate of drug-likeness (QED) is 0.257. The lowest BCUT2D eigenvalue weighted by Gasteiger charge is -1.94. The Morgan fingerprint density at radius 2 is 1.69 bits per heavy atom. The largest absolute Gasteiger partial charge is 0.356 e. The first kappa shape index (κ1) is 16.5. The Morgan fingerprint density at radius 3 is 2.06 bits per heavy atom. The molecule has 0 aliphatic carbocycles. The van der Waals surface area contributed by atoms with Crippen LogP contribution in [-0.4, -0.2) is 20.1 Å². The molecule has 0 unspecified atom stereocenters. The number of azo groups is 1. The van der Waals surface area contributed by atoms with Gasteiger partial charge in [0.15, 0.2) is 0 Å². The second kappa shape index (κ2) is 11.1. The molecule has 0 spiro atoms. The highest BCUT2D eigenvalue weighted by Crippen LogP contribution is 1.99. The van der Waals surface area contributed by atoms with Gasteiger partial charge < -0.3 is 5.32 Å². The molecular weight excluding hydrogens is 200 g/mol. The van der Waals surface area contributed by atoms with E-state index in [0.29, 0.717) is 11.7 Å². The van der Waals surface area contributed by atoms with E-state index in [1.165, 1.54) is 0 Å². The highest BCUT2D eigenvalue weighted by Gasteiger charge is 1.88. The molecule has 0 amide bonds. The van der Waals surface area contributed by atoms with Crippen LogP contribution in [0.3, 0.4) is 0 Å². The molecule has 0 fully saturated rings. The van der Waals surface area contributed by atoms with Crippen molar-refractivity contribution in [2.24, 2.45) is 15.2 Å². The van der Waals surface area contributed by atoms with Gasteiger partial charge in [0.2, 0.25) is 5.96 Å². The molecule has 0 atom stereocenters. The summed E-state index contributed by atoms with van der Waals surface area (Å²) >= 11 is 0. The van der Waals surface area contributed by atoms with Crippen molar-refractivity contribution in [2.75, 3.05) is 14.1 Å². The van der Waals surface area contributed by atoms with Crippen LogP contribution in [0.25, 0.3) is 0 Å². The van der Waals surface area contributed by atoms with Crippen molar-refractivity contribution in [3.8, 4) is 0 Å². The summed E-state index contributed by atoms with van der Waals surface area (Å²) in [6.07, 6.45) is 3.57. The Balaban J connectivity index is 0. The highest BCUT2D eigenvalue weighted by molar-refractivity contribution is 5.79. The first-order valence-corrected chi connectivity index (χ1v) is 4.69.